The van der Waals surface area contributed by atoms with Crippen LogP contribution in [0.5, 0.6) is 0 Å². The Hall–Kier alpha value is -0.700. The maximum Gasteiger partial charge on any atom is 0.123 e. The largest absolute Gasteiger partial charge is 0.384 e. The minimum absolute atomic E-state index is 0.603. The number of hydrogen-bond acceptors (Lipinski definition) is 3. The molecule has 0 unspecified atom stereocenters. The Morgan fingerprint density at radius 1 is 1.70 bits per heavy atom. The van der Waals surface area contributed by atoms with E-state index in [0.717, 1.165) is 5.75 Å². The summed E-state index contributed by atoms with van der Waals surface area (Å²) >= 11 is 1.78. The number of nitrogens with zero attached hydrogens (tertiary/aromatic N) is 1. The fourth-order valence-corrected chi connectivity index (χ4v) is 1.26. The van der Waals surface area contributed by atoms with Gasteiger partial charge in [-0.05, 0) is 24.0 Å². The molecule has 1 rings (SSSR count). The van der Waals surface area contributed by atoms with E-state index in [0.29, 0.717) is 5.82 Å². The van der Waals surface area contributed by atoms with Gasteiger partial charge in [-0.3, -0.25) is 0 Å². The molecule has 0 aliphatic rings. The maximum atomic E-state index is 5.47. The lowest BCUT2D eigenvalue weighted by Gasteiger charge is -1.97. The van der Waals surface area contributed by atoms with Crippen LogP contribution in [0.15, 0.2) is 18.3 Å². The third-order valence-corrected chi connectivity index (χ3v) is 1.78. The van der Waals surface area contributed by atoms with Crippen LogP contribution >= 0.6 is 11.8 Å². The second-order valence-corrected chi connectivity index (χ2v) is 2.89. The van der Waals surface area contributed by atoms with Crippen molar-refractivity contribution < 1.29 is 0 Å². The fourth-order valence-electron chi connectivity index (χ4n) is 0.751. The van der Waals surface area contributed by atoms with E-state index in [1.165, 1.54) is 5.56 Å². The smallest absolute Gasteiger partial charge is 0.123 e. The molecule has 1 aromatic heterocycles. The number of pyridine rings is 1. The number of aromatic nitrogens is 1. The summed E-state index contributed by atoms with van der Waals surface area (Å²) < 4.78 is 0. The Morgan fingerprint density at radius 3 is 3.10 bits per heavy atom. The van der Waals surface area contributed by atoms with Crippen LogP contribution in [-0.2, 0) is 5.75 Å². The Balaban J connectivity index is 2.75. The van der Waals surface area contributed by atoms with Crippen LogP contribution in [0.2, 0.25) is 0 Å². The van der Waals surface area contributed by atoms with Crippen molar-refractivity contribution in [2.45, 2.75) is 5.75 Å². The third kappa shape index (κ3) is 1.92. The number of nitrogens with two attached hydrogens (primary N) is 1. The molecule has 0 amide bonds. The monoisotopic (exact) mass is 154 g/mol. The molecular formula is C7H10N2S. The van der Waals surface area contributed by atoms with Gasteiger partial charge in [-0.2, -0.15) is 11.8 Å². The van der Waals surface area contributed by atoms with Crippen LogP contribution < -0.4 is 5.73 Å². The van der Waals surface area contributed by atoms with Gasteiger partial charge in [0.05, 0.1) is 0 Å². The van der Waals surface area contributed by atoms with Gasteiger partial charge in [0.2, 0.25) is 0 Å². The van der Waals surface area contributed by atoms with Gasteiger partial charge in [0.1, 0.15) is 5.82 Å². The molecule has 1 aromatic rings. The second-order valence-electron chi connectivity index (χ2n) is 2.02. The summed E-state index contributed by atoms with van der Waals surface area (Å²) in [6.45, 7) is 0. The van der Waals surface area contributed by atoms with Gasteiger partial charge in [-0.1, -0.05) is 0 Å². The van der Waals surface area contributed by atoms with Crippen molar-refractivity contribution in [1.29, 1.82) is 0 Å². The molecule has 0 spiro atoms. The number of rotatable bonds is 2. The second kappa shape index (κ2) is 3.46. The van der Waals surface area contributed by atoms with E-state index in [4.69, 9.17) is 5.73 Å². The number of nitrogen functional groups attached to an aromatic ring is 1. The van der Waals surface area contributed by atoms with Crippen molar-refractivity contribution in [3.63, 3.8) is 0 Å². The molecule has 0 saturated heterocycles. The Labute approximate surface area is 64.8 Å². The third-order valence-electron chi connectivity index (χ3n) is 1.16. The number of anilines is 1. The molecule has 0 fully saturated rings. The van der Waals surface area contributed by atoms with Crippen molar-refractivity contribution in [2.24, 2.45) is 0 Å². The first-order valence-corrected chi connectivity index (χ1v) is 4.41. The van der Waals surface area contributed by atoms with Gasteiger partial charge in [-0.15, -0.1) is 0 Å². The molecule has 0 radical (unpaired) electrons. The first kappa shape index (κ1) is 7.41. The lowest BCUT2D eigenvalue weighted by atomic mass is 10.3. The van der Waals surface area contributed by atoms with Crippen LogP contribution in [0, 0.1) is 0 Å². The Kier molecular flexibility index (Phi) is 2.57. The minimum Gasteiger partial charge on any atom is -0.384 e. The summed E-state index contributed by atoms with van der Waals surface area (Å²) in [5.74, 6) is 1.61. The van der Waals surface area contributed by atoms with E-state index in [2.05, 4.69) is 11.2 Å². The summed E-state index contributed by atoms with van der Waals surface area (Å²) in [7, 11) is 0. The molecule has 2 nitrogen and oxygen atoms in total. The minimum atomic E-state index is 0.603. The summed E-state index contributed by atoms with van der Waals surface area (Å²) in [5.41, 5.74) is 6.70. The molecule has 0 aliphatic heterocycles. The van der Waals surface area contributed by atoms with E-state index in [9.17, 15) is 0 Å². The van der Waals surface area contributed by atoms with Gasteiger partial charge in [0.15, 0.2) is 0 Å². The molecule has 2 N–H and O–H groups in total. The molecule has 0 saturated carbocycles. The molecule has 1 heterocycles. The first-order chi connectivity index (χ1) is 4.83. The van der Waals surface area contributed by atoms with E-state index in [1.807, 2.05) is 12.1 Å². The molecule has 0 aromatic carbocycles. The van der Waals surface area contributed by atoms with Crippen molar-refractivity contribution in [3.05, 3.63) is 23.9 Å². The summed E-state index contributed by atoms with van der Waals surface area (Å²) in [6.07, 6.45) is 3.80. The summed E-state index contributed by atoms with van der Waals surface area (Å²) in [5, 5.41) is 0. The van der Waals surface area contributed by atoms with E-state index in [1.54, 1.807) is 18.0 Å². The molecule has 0 atom stereocenters. The predicted octanol–water partition coefficient (Wildman–Crippen LogP) is 1.53. The summed E-state index contributed by atoms with van der Waals surface area (Å²) in [6, 6.07) is 3.88. The van der Waals surface area contributed by atoms with Gasteiger partial charge in [-0.25, -0.2) is 4.98 Å². The highest BCUT2D eigenvalue weighted by atomic mass is 32.2. The lowest BCUT2D eigenvalue weighted by Crippen LogP contribution is -1.90. The van der Waals surface area contributed by atoms with Crippen molar-refractivity contribution >= 4 is 17.6 Å². The van der Waals surface area contributed by atoms with Crippen LogP contribution in [0.1, 0.15) is 5.56 Å². The molecule has 54 valence electrons. The zero-order chi connectivity index (χ0) is 7.40. The fraction of sp³-hybridized carbons (Fsp3) is 0.286. The molecular weight excluding hydrogens is 144 g/mol. The van der Waals surface area contributed by atoms with E-state index >= 15 is 0 Å². The number of thioether (sulfide) groups is 1. The first-order valence-electron chi connectivity index (χ1n) is 3.02. The maximum absolute atomic E-state index is 5.47. The normalized spacial score (nSPS) is 9.70. The Bertz CT molecular complexity index is 213. The molecule has 0 bridgehead atoms. The standard InChI is InChI=1S/C7H10N2S/c1-10-5-6-2-3-9-7(8)4-6/h2-4H,5H2,1H3,(H2,8,9). The average molecular weight is 154 g/mol. The van der Waals surface area contributed by atoms with Crippen molar-refractivity contribution in [1.82, 2.24) is 4.98 Å². The van der Waals surface area contributed by atoms with Crippen LogP contribution in [0.4, 0.5) is 5.82 Å². The molecule has 0 aliphatic carbocycles. The highest BCUT2D eigenvalue weighted by molar-refractivity contribution is 7.97. The highest BCUT2D eigenvalue weighted by Crippen LogP contribution is 2.09. The Morgan fingerprint density at radius 2 is 2.50 bits per heavy atom. The average Bonchev–Trinajstić information content (AvgIpc) is 1.88. The van der Waals surface area contributed by atoms with E-state index in [-0.39, 0.29) is 0 Å². The van der Waals surface area contributed by atoms with Crippen LogP contribution in [0.3, 0.4) is 0 Å². The summed E-state index contributed by atoms with van der Waals surface area (Å²) in [4.78, 5) is 3.89. The van der Waals surface area contributed by atoms with Gasteiger partial charge >= 0.3 is 0 Å². The van der Waals surface area contributed by atoms with Gasteiger partial charge < -0.3 is 5.73 Å². The van der Waals surface area contributed by atoms with Crippen LogP contribution in [0.25, 0.3) is 0 Å². The van der Waals surface area contributed by atoms with E-state index < -0.39 is 0 Å². The lowest BCUT2D eigenvalue weighted by molar-refractivity contribution is 1.28. The highest BCUT2D eigenvalue weighted by Gasteiger charge is 1.90. The molecule has 3 heteroatoms. The SMILES string of the molecule is CSCc1ccnc(N)c1. The van der Waals surface area contributed by atoms with Gasteiger partial charge in [0.25, 0.3) is 0 Å². The predicted molar refractivity (Wildman–Crippen MR) is 45.9 cm³/mol. The topological polar surface area (TPSA) is 38.9 Å². The van der Waals surface area contributed by atoms with Crippen molar-refractivity contribution in [3.8, 4) is 0 Å². The molecule has 10 heavy (non-hydrogen) atoms. The van der Waals surface area contributed by atoms with Gasteiger partial charge in [0, 0.05) is 11.9 Å². The number of hydrogen-bond donors (Lipinski definition) is 1. The zero-order valence-electron chi connectivity index (χ0n) is 5.87. The van der Waals surface area contributed by atoms with Crippen molar-refractivity contribution in [2.75, 3.05) is 12.0 Å². The quantitative estimate of drug-likeness (QED) is 0.702. The van der Waals surface area contributed by atoms with Crippen LogP contribution in [-0.4, -0.2) is 11.2 Å². The zero-order valence-corrected chi connectivity index (χ0v) is 6.69.